The average Bonchev–Trinajstić information content (AvgIpc) is 2.96. The number of likely N-dealkylation sites (tertiary alicyclic amines) is 1. The van der Waals surface area contributed by atoms with Crippen molar-refractivity contribution >= 4 is 5.96 Å². The quantitative estimate of drug-likeness (QED) is 0.332. The molecule has 1 atom stereocenters. The summed E-state index contributed by atoms with van der Waals surface area (Å²) in [5.74, 6) is 0.594. The molecule has 1 heterocycles. The SMILES string of the molecule is CCNC(=NCCOc1cccc(F)c1)NC1CCN(CC(F)(F)F)C1. The van der Waals surface area contributed by atoms with E-state index < -0.39 is 12.7 Å². The van der Waals surface area contributed by atoms with Gasteiger partial charge in [0, 0.05) is 31.7 Å². The van der Waals surface area contributed by atoms with Crippen LogP contribution in [0.15, 0.2) is 29.3 Å². The molecule has 1 fully saturated rings. The third kappa shape index (κ3) is 7.47. The van der Waals surface area contributed by atoms with Gasteiger partial charge in [-0.1, -0.05) is 6.07 Å². The van der Waals surface area contributed by atoms with E-state index in [1.807, 2.05) is 6.92 Å². The Morgan fingerprint density at radius 2 is 2.19 bits per heavy atom. The topological polar surface area (TPSA) is 48.9 Å². The molecule has 0 amide bonds. The molecule has 0 bridgehead atoms. The van der Waals surface area contributed by atoms with Crippen LogP contribution in [-0.4, -0.2) is 62.4 Å². The molecule has 0 radical (unpaired) electrons. The summed E-state index contributed by atoms with van der Waals surface area (Å²) in [5.41, 5.74) is 0. The number of alkyl halides is 3. The fourth-order valence-electron chi connectivity index (χ4n) is 2.74. The third-order valence-corrected chi connectivity index (χ3v) is 3.79. The van der Waals surface area contributed by atoms with Gasteiger partial charge in [-0.15, -0.1) is 0 Å². The lowest BCUT2D eigenvalue weighted by molar-refractivity contribution is -0.143. The number of rotatable bonds is 7. The summed E-state index contributed by atoms with van der Waals surface area (Å²) in [6.07, 6.45) is -3.55. The monoisotopic (exact) mass is 376 g/mol. The largest absolute Gasteiger partial charge is 0.492 e. The van der Waals surface area contributed by atoms with Crippen LogP contribution >= 0.6 is 0 Å². The number of benzene rings is 1. The first kappa shape index (κ1) is 20.3. The second kappa shape index (κ2) is 9.61. The number of halogens is 4. The van der Waals surface area contributed by atoms with E-state index in [0.717, 1.165) is 0 Å². The molecule has 0 aromatic heterocycles. The van der Waals surface area contributed by atoms with E-state index >= 15 is 0 Å². The van der Waals surface area contributed by atoms with Gasteiger partial charge in [-0.05, 0) is 25.5 Å². The van der Waals surface area contributed by atoms with Crippen LogP contribution in [0.5, 0.6) is 5.75 Å². The van der Waals surface area contributed by atoms with Crippen molar-refractivity contribution in [1.29, 1.82) is 0 Å². The Morgan fingerprint density at radius 3 is 2.88 bits per heavy atom. The summed E-state index contributed by atoms with van der Waals surface area (Å²) >= 11 is 0. The number of hydrogen-bond donors (Lipinski definition) is 2. The minimum Gasteiger partial charge on any atom is -0.492 e. The van der Waals surface area contributed by atoms with Crippen LogP contribution in [0.2, 0.25) is 0 Å². The molecule has 1 aliphatic heterocycles. The Morgan fingerprint density at radius 1 is 1.38 bits per heavy atom. The highest BCUT2D eigenvalue weighted by molar-refractivity contribution is 5.80. The first-order chi connectivity index (χ1) is 12.4. The maximum atomic E-state index is 13.1. The van der Waals surface area contributed by atoms with Crippen molar-refractivity contribution in [2.45, 2.75) is 25.6 Å². The zero-order valence-corrected chi connectivity index (χ0v) is 14.7. The van der Waals surface area contributed by atoms with Gasteiger partial charge in [0.25, 0.3) is 0 Å². The number of aliphatic imine (C=N–C) groups is 1. The van der Waals surface area contributed by atoms with E-state index in [1.165, 1.54) is 17.0 Å². The van der Waals surface area contributed by atoms with Crippen molar-refractivity contribution in [3.05, 3.63) is 30.1 Å². The second-order valence-electron chi connectivity index (χ2n) is 6.05. The van der Waals surface area contributed by atoms with Gasteiger partial charge in [0.1, 0.15) is 18.2 Å². The van der Waals surface area contributed by atoms with Crippen LogP contribution in [0.3, 0.4) is 0 Å². The summed E-state index contributed by atoms with van der Waals surface area (Å²) in [6.45, 7) is 2.99. The molecule has 9 heteroatoms. The summed E-state index contributed by atoms with van der Waals surface area (Å²) in [7, 11) is 0. The molecule has 0 aliphatic carbocycles. The van der Waals surface area contributed by atoms with Gasteiger partial charge in [-0.25, -0.2) is 9.38 Å². The van der Waals surface area contributed by atoms with E-state index in [9.17, 15) is 17.6 Å². The summed E-state index contributed by atoms with van der Waals surface area (Å²) in [6, 6.07) is 5.76. The minimum atomic E-state index is -4.18. The molecule has 26 heavy (non-hydrogen) atoms. The number of nitrogens with one attached hydrogen (secondary N) is 2. The second-order valence-corrected chi connectivity index (χ2v) is 6.05. The lowest BCUT2D eigenvalue weighted by atomic mass is 10.3. The Hall–Kier alpha value is -2.03. The fraction of sp³-hybridized carbons (Fsp3) is 0.588. The summed E-state index contributed by atoms with van der Waals surface area (Å²) in [5, 5.41) is 6.22. The first-order valence-corrected chi connectivity index (χ1v) is 8.58. The Balaban J connectivity index is 1.77. The van der Waals surface area contributed by atoms with Crippen LogP contribution in [0.25, 0.3) is 0 Å². The van der Waals surface area contributed by atoms with E-state index in [1.54, 1.807) is 12.1 Å². The van der Waals surface area contributed by atoms with Crippen LogP contribution in [0.1, 0.15) is 13.3 Å². The Kier molecular flexibility index (Phi) is 7.50. The van der Waals surface area contributed by atoms with Crippen molar-refractivity contribution in [3.63, 3.8) is 0 Å². The lowest BCUT2D eigenvalue weighted by Crippen LogP contribution is -2.45. The summed E-state index contributed by atoms with van der Waals surface area (Å²) in [4.78, 5) is 5.73. The predicted molar refractivity (Wildman–Crippen MR) is 91.9 cm³/mol. The van der Waals surface area contributed by atoms with Crippen LogP contribution < -0.4 is 15.4 Å². The molecule has 1 aromatic carbocycles. The minimum absolute atomic E-state index is 0.0840. The normalized spacial score (nSPS) is 18.8. The molecule has 1 saturated heterocycles. The molecule has 2 N–H and O–H groups in total. The van der Waals surface area contributed by atoms with Crippen LogP contribution in [0.4, 0.5) is 17.6 Å². The maximum absolute atomic E-state index is 13.1. The molecule has 146 valence electrons. The van der Waals surface area contributed by atoms with E-state index in [2.05, 4.69) is 15.6 Å². The molecule has 1 unspecified atom stereocenters. The number of ether oxygens (including phenoxy) is 1. The number of guanidine groups is 1. The van der Waals surface area contributed by atoms with Gasteiger partial charge < -0.3 is 15.4 Å². The third-order valence-electron chi connectivity index (χ3n) is 3.79. The van der Waals surface area contributed by atoms with E-state index in [-0.39, 0.29) is 18.5 Å². The molecule has 0 spiro atoms. The van der Waals surface area contributed by atoms with Crippen molar-refractivity contribution in [2.24, 2.45) is 4.99 Å². The van der Waals surface area contributed by atoms with Gasteiger partial charge in [0.2, 0.25) is 0 Å². The Bertz CT molecular complexity index is 594. The van der Waals surface area contributed by atoms with Crippen LogP contribution in [0, 0.1) is 5.82 Å². The highest BCUT2D eigenvalue weighted by Crippen LogP contribution is 2.19. The molecule has 1 aliphatic rings. The van der Waals surface area contributed by atoms with Gasteiger partial charge in [0.05, 0.1) is 13.1 Å². The van der Waals surface area contributed by atoms with Gasteiger partial charge in [-0.2, -0.15) is 13.2 Å². The average molecular weight is 376 g/mol. The van der Waals surface area contributed by atoms with Gasteiger partial charge in [0.15, 0.2) is 5.96 Å². The molecule has 0 saturated carbocycles. The van der Waals surface area contributed by atoms with Crippen molar-refractivity contribution in [2.75, 3.05) is 39.3 Å². The molecular weight excluding hydrogens is 352 g/mol. The van der Waals surface area contributed by atoms with Crippen LogP contribution in [-0.2, 0) is 0 Å². The predicted octanol–water partition coefficient (Wildman–Crippen LogP) is 2.40. The van der Waals surface area contributed by atoms with Crippen molar-refractivity contribution in [1.82, 2.24) is 15.5 Å². The Labute approximate surface area is 150 Å². The molecular formula is C17H24F4N4O. The lowest BCUT2D eigenvalue weighted by Gasteiger charge is -2.19. The molecule has 1 aromatic rings. The standard InChI is InChI=1S/C17H24F4N4O/c1-2-22-16(23-7-9-26-15-5-3-4-13(18)10-15)24-14-6-8-25(11-14)12-17(19,20)21/h3-5,10,14H,2,6-9,11-12H2,1H3,(H2,22,23,24). The smallest absolute Gasteiger partial charge is 0.401 e. The highest BCUT2D eigenvalue weighted by atomic mass is 19.4. The zero-order valence-electron chi connectivity index (χ0n) is 14.7. The number of nitrogens with zero attached hydrogens (tertiary/aromatic N) is 2. The molecule has 5 nitrogen and oxygen atoms in total. The zero-order chi connectivity index (χ0) is 19.0. The van der Waals surface area contributed by atoms with E-state index in [4.69, 9.17) is 4.74 Å². The highest BCUT2D eigenvalue weighted by Gasteiger charge is 2.34. The summed E-state index contributed by atoms with van der Waals surface area (Å²) < 4.78 is 55.8. The molecule has 2 rings (SSSR count). The van der Waals surface area contributed by atoms with Crippen molar-refractivity contribution in [3.8, 4) is 5.75 Å². The fourth-order valence-corrected chi connectivity index (χ4v) is 2.74. The van der Waals surface area contributed by atoms with Gasteiger partial charge in [-0.3, -0.25) is 4.90 Å². The van der Waals surface area contributed by atoms with Crippen molar-refractivity contribution < 1.29 is 22.3 Å². The number of hydrogen-bond acceptors (Lipinski definition) is 3. The first-order valence-electron chi connectivity index (χ1n) is 8.58. The van der Waals surface area contributed by atoms with Gasteiger partial charge >= 0.3 is 6.18 Å². The van der Waals surface area contributed by atoms with E-state index in [0.29, 0.717) is 44.3 Å². The maximum Gasteiger partial charge on any atom is 0.401 e.